The molecule has 0 spiro atoms. The highest BCUT2D eigenvalue weighted by atomic mass is 79.9. The molecule has 0 saturated heterocycles. The summed E-state index contributed by atoms with van der Waals surface area (Å²) in [6.45, 7) is 0.636. The van der Waals surface area contributed by atoms with Crippen molar-refractivity contribution in [3.8, 4) is 0 Å². The second kappa shape index (κ2) is 6.97. The maximum atomic E-state index is 12.7. The lowest BCUT2D eigenvalue weighted by Gasteiger charge is -2.24. The lowest BCUT2D eigenvalue weighted by molar-refractivity contribution is -0.0435. The normalized spacial score (nSPS) is 14.0. The van der Waals surface area contributed by atoms with E-state index in [1.165, 1.54) is 37.3 Å². The van der Waals surface area contributed by atoms with Gasteiger partial charge in [0.15, 0.2) is 0 Å². The number of methoxy groups -OCH3 is 1. The van der Waals surface area contributed by atoms with E-state index in [0.29, 0.717) is 6.61 Å². The van der Waals surface area contributed by atoms with Gasteiger partial charge in [-0.3, -0.25) is 0 Å². The van der Waals surface area contributed by atoms with Crippen molar-refractivity contribution in [2.24, 2.45) is 0 Å². The Kier molecular flexibility index (Phi) is 6.06. The van der Waals surface area contributed by atoms with Crippen molar-refractivity contribution in [2.45, 2.75) is 15.2 Å². The third-order valence-electron chi connectivity index (χ3n) is 2.69. The first-order valence-electron chi connectivity index (χ1n) is 5.85. The maximum absolute atomic E-state index is 12.7. The van der Waals surface area contributed by atoms with E-state index in [4.69, 9.17) is 4.74 Å². The van der Waals surface area contributed by atoms with Gasteiger partial charge in [0, 0.05) is 20.7 Å². The molecule has 120 valence electrons. The highest BCUT2D eigenvalue weighted by Crippen LogP contribution is 2.35. The van der Waals surface area contributed by atoms with Crippen LogP contribution < -0.4 is 4.90 Å². The van der Waals surface area contributed by atoms with E-state index in [2.05, 4.69) is 15.9 Å². The minimum atomic E-state index is -5.39. The number of hydrogen-bond acceptors (Lipinski definition) is 4. The lowest BCUT2D eigenvalue weighted by Crippen LogP contribution is -2.31. The average Bonchev–Trinajstić information content (AvgIpc) is 2.37. The Bertz CT molecular complexity index is 577. The largest absolute Gasteiger partial charge is 0.501 e. The second-order valence-electron chi connectivity index (χ2n) is 4.35. The van der Waals surface area contributed by atoms with Crippen molar-refractivity contribution in [2.75, 3.05) is 32.2 Å². The standard InChI is InChI=1S/C12H15BrF3NO3S/c1-17(7-9(13)8-20-2)10-5-3-4-6-11(10)21(18,19)12(14,15)16/h3-6,9H,7-8H2,1-2H3. The number of benzene rings is 1. The Morgan fingerprint density at radius 2 is 1.90 bits per heavy atom. The van der Waals surface area contributed by atoms with Crippen LogP contribution in [0.15, 0.2) is 29.2 Å². The number of anilines is 1. The van der Waals surface area contributed by atoms with Crippen LogP contribution in [0.4, 0.5) is 18.9 Å². The van der Waals surface area contributed by atoms with Crippen LogP contribution in [0.25, 0.3) is 0 Å². The molecule has 0 aromatic heterocycles. The van der Waals surface area contributed by atoms with Crippen LogP contribution in [-0.4, -0.2) is 46.1 Å². The van der Waals surface area contributed by atoms with Gasteiger partial charge in [-0.15, -0.1) is 0 Å². The van der Waals surface area contributed by atoms with Gasteiger partial charge in [0.1, 0.15) is 0 Å². The summed E-state index contributed by atoms with van der Waals surface area (Å²) in [5.41, 5.74) is -5.33. The molecule has 0 aliphatic heterocycles. The topological polar surface area (TPSA) is 46.6 Å². The summed E-state index contributed by atoms with van der Waals surface area (Å²) in [6, 6.07) is 5.04. The summed E-state index contributed by atoms with van der Waals surface area (Å²) >= 11 is 3.31. The Hall–Kier alpha value is -0.800. The van der Waals surface area contributed by atoms with Gasteiger partial charge < -0.3 is 9.64 Å². The van der Waals surface area contributed by atoms with E-state index >= 15 is 0 Å². The predicted octanol–water partition coefficient (Wildman–Crippen LogP) is 2.83. The highest BCUT2D eigenvalue weighted by Gasteiger charge is 2.48. The number of hydrogen-bond donors (Lipinski definition) is 0. The van der Waals surface area contributed by atoms with Crippen molar-refractivity contribution >= 4 is 31.5 Å². The number of rotatable bonds is 6. The Morgan fingerprint density at radius 1 is 1.33 bits per heavy atom. The summed E-state index contributed by atoms with van der Waals surface area (Å²) < 4.78 is 66.3. The fourth-order valence-electron chi connectivity index (χ4n) is 1.75. The Morgan fingerprint density at radius 3 is 2.43 bits per heavy atom. The van der Waals surface area contributed by atoms with E-state index < -0.39 is 20.2 Å². The molecule has 1 unspecified atom stereocenters. The number of halogens is 4. The molecule has 1 rings (SSSR count). The minimum absolute atomic E-state index is 0.00428. The predicted molar refractivity (Wildman–Crippen MR) is 77.5 cm³/mol. The number of sulfone groups is 1. The summed E-state index contributed by atoms with van der Waals surface area (Å²) in [7, 11) is -2.37. The maximum Gasteiger partial charge on any atom is 0.501 e. The molecule has 9 heteroatoms. The summed E-state index contributed by atoms with van der Waals surface area (Å²) in [5, 5.41) is 0. The van der Waals surface area contributed by atoms with Crippen LogP contribution in [0.3, 0.4) is 0 Å². The summed E-state index contributed by atoms with van der Waals surface area (Å²) in [4.78, 5) is 0.545. The van der Waals surface area contributed by atoms with Crippen molar-refractivity contribution < 1.29 is 26.3 Å². The van der Waals surface area contributed by atoms with Gasteiger partial charge in [-0.1, -0.05) is 28.1 Å². The first-order valence-corrected chi connectivity index (χ1v) is 8.25. The fourth-order valence-corrected chi connectivity index (χ4v) is 3.46. The molecule has 4 nitrogen and oxygen atoms in total. The molecule has 0 amide bonds. The molecule has 1 aromatic rings. The fraction of sp³-hybridized carbons (Fsp3) is 0.500. The number of para-hydroxylation sites is 1. The van der Waals surface area contributed by atoms with Crippen LogP contribution in [0.2, 0.25) is 0 Å². The molecule has 0 aliphatic carbocycles. The third-order valence-corrected chi connectivity index (χ3v) is 4.78. The van der Waals surface area contributed by atoms with Crippen LogP contribution in [0, 0.1) is 0 Å². The molecule has 0 bridgehead atoms. The zero-order valence-electron chi connectivity index (χ0n) is 11.4. The van der Waals surface area contributed by atoms with Crippen LogP contribution >= 0.6 is 15.9 Å². The van der Waals surface area contributed by atoms with Crippen molar-refractivity contribution in [1.29, 1.82) is 0 Å². The van der Waals surface area contributed by atoms with Gasteiger partial charge in [-0.05, 0) is 12.1 Å². The van der Waals surface area contributed by atoms with Gasteiger partial charge in [0.2, 0.25) is 0 Å². The molecule has 0 fully saturated rings. The molecule has 0 aliphatic rings. The number of nitrogens with zero attached hydrogens (tertiary/aromatic N) is 1. The van der Waals surface area contributed by atoms with Crippen LogP contribution in [0.5, 0.6) is 0 Å². The highest BCUT2D eigenvalue weighted by molar-refractivity contribution is 9.09. The van der Waals surface area contributed by atoms with E-state index in [0.717, 1.165) is 6.07 Å². The van der Waals surface area contributed by atoms with Crippen molar-refractivity contribution in [3.05, 3.63) is 24.3 Å². The average molecular weight is 390 g/mol. The van der Waals surface area contributed by atoms with E-state index in [-0.39, 0.29) is 17.1 Å². The molecular formula is C12H15BrF3NO3S. The Balaban J connectivity index is 3.17. The molecule has 1 aromatic carbocycles. The van der Waals surface area contributed by atoms with Gasteiger partial charge >= 0.3 is 5.51 Å². The molecule has 21 heavy (non-hydrogen) atoms. The third kappa shape index (κ3) is 4.33. The monoisotopic (exact) mass is 389 g/mol. The van der Waals surface area contributed by atoms with E-state index in [1.807, 2.05) is 0 Å². The van der Waals surface area contributed by atoms with Gasteiger partial charge in [0.25, 0.3) is 9.84 Å². The second-order valence-corrected chi connectivity index (χ2v) is 7.55. The first kappa shape index (κ1) is 18.2. The molecule has 0 radical (unpaired) electrons. The van der Waals surface area contributed by atoms with Crippen LogP contribution in [-0.2, 0) is 14.6 Å². The minimum Gasteiger partial charge on any atom is -0.383 e. The Labute approximate surface area is 129 Å². The van der Waals surface area contributed by atoms with Crippen molar-refractivity contribution in [1.82, 2.24) is 0 Å². The quantitative estimate of drug-likeness (QED) is 0.701. The SMILES string of the molecule is COCC(Br)CN(C)c1ccccc1S(=O)(=O)C(F)(F)F. The summed E-state index contributed by atoms with van der Waals surface area (Å²) in [5.74, 6) is 0. The zero-order valence-corrected chi connectivity index (χ0v) is 13.8. The summed E-state index contributed by atoms with van der Waals surface area (Å²) in [6.07, 6.45) is 0. The number of ether oxygens (including phenoxy) is 1. The van der Waals surface area contributed by atoms with Gasteiger partial charge in [-0.25, -0.2) is 8.42 Å². The lowest BCUT2D eigenvalue weighted by atomic mass is 10.3. The van der Waals surface area contributed by atoms with Gasteiger partial charge in [-0.2, -0.15) is 13.2 Å². The molecule has 0 saturated carbocycles. The molecular weight excluding hydrogens is 375 g/mol. The zero-order chi connectivity index (χ0) is 16.3. The number of alkyl halides is 4. The van der Waals surface area contributed by atoms with Crippen molar-refractivity contribution in [3.63, 3.8) is 0 Å². The van der Waals surface area contributed by atoms with E-state index in [1.54, 1.807) is 0 Å². The molecule has 1 atom stereocenters. The van der Waals surface area contributed by atoms with Gasteiger partial charge in [0.05, 0.1) is 22.0 Å². The van der Waals surface area contributed by atoms with Crippen LogP contribution in [0.1, 0.15) is 0 Å². The molecule has 0 N–H and O–H groups in total. The van der Waals surface area contributed by atoms with E-state index in [9.17, 15) is 21.6 Å². The smallest absolute Gasteiger partial charge is 0.383 e. The first-order chi connectivity index (χ1) is 9.61. The molecule has 0 heterocycles.